The highest BCUT2D eigenvalue weighted by atomic mass is 127. The van der Waals surface area contributed by atoms with Crippen LogP contribution in [-0.4, -0.2) is 63.4 Å². The number of aliphatic hydroxyl groups excluding tert-OH is 1. The second kappa shape index (κ2) is 14.8. The second-order valence-electron chi connectivity index (χ2n) is 9.57. The van der Waals surface area contributed by atoms with E-state index in [1.54, 1.807) is 54.6 Å². The molecular weight excluding hydrogens is 720 g/mol. The van der Waals surface area contributed by atoms with E-state index >= 15 is 0 Å². The van der Waals surface area contributed by atoms with Crippen molar-refractivity contribution in [3.63, 3.8) is 0 Å². The molecule has 1 aliphatic heterocycles. The number of hydrogen-bond donors (Lipinski definition) is 1. The fraction of sp³-hybridized carbons (Fsp3) is 0.300. The van der Waals surface area contributed by atoms with Gasteiger partial charge in [-0.1, -0.05) is 42.5 Å². The van der Waals surface area contributed by atoms with Crippen LogP contribution in [0.3, 0.4) is 0 Å². The molecule has 0 aromatic heterocycles. The van der Waals surface area contributed by atoms with E-state index < -0.39 is 70.0 Å². The highest BCUT2D eigenvalue weighted by molar-refractivity contribution is 14.1. The fourth-order valence-electron chi connectivity index (χ4n) is 4.27. The maximum atomic E-state index is 13.2. The Morgan fingerprint density at radius 2 is 1.73 bits per heavy atom. The van der Waals surface area contributed by atoms with E-state index in [9.17, 15) is 31.5 Å². The summed E-state index contributed by atoms with van der Waals surface area (Å²) in [5.74, 6) is -0.378. The molecule has 236 valence electrons. The SMILES string of the molecule is C=CCO[C@H]1[C@H](O)[C@@H](COS(=O)(=O)c2cccc(C(F)(F)F)c2)O[C@@H](Oc2ccc(I)cc2)[C@@H]1OC(=O)Cc1ccccc1. The number of esters is 1. The van der Waals surface area contributed by atoms with Crippen LogP contribution in [0.2, 0.25) is 0 Å². The summed E-state index contributed by atoms with van der Waals surface area (Å²) in [4.78, 5) is 12.2. The smallest absolute Gasteiger partial charge is 0.416 e. The van der Waals surface area contributed by atoms with Gasteiger partial charge in [0, 0.05) is 3.57 Å². The zero-order chi connectivity index (χ0) is 31.9. The molecule has 0 aliphatic carbocycles. The molecule has 44 heavy (non-hydrogen) atoms. The van der Waals surface area contributed by atoms with E-state index in [2.05, 4.69) is 29.2 Å². The number of rotatable bonds is 12. The minimum atomic E-state index is -4.78. The standard InChI is InChI=1S/C30H28F3IO9S/c1-2-15-39-27-26(36)24(18-40-44(37,38)23-10-6-9-20(17-23)30(31,32)33)42-29(41-22-13-11-21(34)12-14-22)28(27)43-25(35)16-19-7-4-3-5-8-19/h2-14,17,24,26-29,36H,1,15-16,18H2/t24-,26-,27+,28-,29-/m1/s1. The van der Waals surface area contributed by atoms with Gasteiger partial charge in [-0.3, -0.25) is 8.98 Å². The van der Waals surface area contributed by atoms with E-state index in [-0.39, 0.29) is 13.0 Å². The van der Waals surface area contributed by atoms with Crippen LogP contribution in [0, 0.1) is 3.57 Å². The second-order valence-corrected chi connectivity index (χ2v) is 12.4. The van der Waals surface area contributed by atoms with Gasteiger partial charge in [0.2, 0.25) is 6.29 Å². The first-order valence-electron chi connectivity index (χ1n) is 13.2. The summed E-state index contributed by atoms with van der Waals surface area (Å²) in [7, 11) is -4.72. The molecule has 3 aromatic rings. The lowest BCUT2D eigenvalue weighted by molar-refractivity contribution is -0.287. The molecule has 4 rings (SSSR count). The fourth-order valence-corrected chi connectivity index (χ4v) is 5.60. The molecule has 0 radical (unpaired) electrons. The van der Waals surface area contributed by atoms with E-state index in [1.807, 2.05) is 0 Å². The van der Waals surface area contributed by atoms with Gasteiger partial charge in [-0.05, 0) is 70.6 Å². The summed E-state index contributed by atoms with van der Waals surface area (Å²) in [6.07, 6.45) is -10.6. The highest BCUT2D eigenvalue weighted by Gasteiger charge is 2.50. The molecule has 1 saturated heterocycles. The van der Waals surface area contributed by atoms with Crippen molar-refractivity contribution in [2.45, 2.75) is 48.2 Å². The predicted octanol–water partition coefficient (Wildman–Crippen LogP) is 4.91. The number of halogens is 4. The number of ether oxygens (including phenoxy) is 4. The third-order valence-corrected chi connectivity index (χ3v) is 8.38. The van der Waals surface area contributed by atoms with E-state index in [1.165, 1.54) is 6.08 Å². The Balaban J connectivity index is 1.59. The van der Waals surface area contributed by atoms with Crippen LogP contribution in [0.4, 0.5) is 13.2 Å². The van der Waals surface area contributed by atoms with E-state index in [4.69, 9.17) is 23.1 Å². The van der Waals surface area contributed by atoms with Gasteiger partial charge >= 0.3 is 12.1 Å². The van der Waals surface area contributed by atoms with Crippen molar-refractivity contribution in [1.29, 1.82) is 0 Å². The lowest BCUT2D eigenvalue weighted by Crippen LogP contribution is -2.62. The first-order valence-corrected chi connectivity index (χ1v) is 15.6. The molecule has 0 saturated carbocycles. The number of hydrogen-bond acceptors (Lipinski definition) is 9. The molecule has 0 unspecified atom stereocenters. The average Bonchev–Trinajstić information content (AvgIpc) is 2.99. The number of carbonyl (C=O) groups excluding carboxylic acids is 1. The molecule has 0 amide bonds. The normalized spacial score (nSPS) is 22.2. The van der Waals surface area contributed by atoms with Gasteiger partial charge in [0.15, 0.2) is 6.10 Å². The summed E-state index contributed by atoms with van der Waals surface area (Å²) in [5, 5.41) is 11.2. The molecule has 0 spiro atoms. The summed E-state index contributed by atoms with van der Waals surface area (Å²) in [6.45, 7) is 2.67. The van der Waals surface area contributed by atoms with Gasteiger partial charge in [0.25, 0.3) is 10.1 Å². The van der Waals surface area contributed by atoms with Crippen LogP contribution in [0.1, 0.15) is 11.1 Å². The molecular formula is C30H28F3IO9S. The van der Waals surface area contributed by atoms with Crippen LogP contribution >= 0.6 is 22.6 Å². The Morgan fingerprint density at radius 3 is 2.39 bits per heavy atom. The minimum Gasteiger partial charge on any atom is -0.461 e. The van der Waals surface area contributed by atoms with Gasteiger partial charge in [-0.2, -0.15) is 21.6 Å². The maximum absolute atomic E-state index is 13.2. The van der Waals surface area contributed by atoms with Crippen molar-refractivity contribution >= 4 is 38.7 Å². The Morgan fingerprint density at radius 1 is 1.02 bits per heavy atom. The molecule has 0 bridgehead atoms. The minimum absolute atomic E-state index is 0.0964. The van der Waals surface area contributed by atoms with Crippen molar-refractivity contribution in [3.05, 3.63) is 106 Å². The van der Waals surface area contributed by atoms with Crippen LogP contribution in [-0.2, 0) is 45.9 Å². The van der Waals surface area contributed by atoms with Crippen LogP contribution in [0.15, 0.2) is 96.4 Å². The molecule has 3 aromatic carbocycles. The molecule has 1 fully saturated rings. The van der Waals surface area contributed by atoms with E-state index in [0.29, 0.717) is 17.4 Å². The Bertz CT molecular complexity index is 1520. The maximum Gasteiger partial charge on any atom is 0.416 e. The van der Waals surface area contributed by atoms with Crippen LogP contribution in [0.25, 0.3) is 0 Å². The topological polar surface area (TPSA) is 118 Å². The third kappa shape index (κ3) is 9.01. The monoisotopic (exact) mass is 748 g/mol. The lowest BCUT2D eigenvalue weighted by Gasteiger charge is -2.43. The first kappa shape index (κ1) is 33.9. The summed E-state index contributed by atoms with van der Waals surface area (Å²) >= 11 is 2.10. The first-order chi connectivity index (χ1) is 20.9. The van der Waals surface area contributed by atoms with Crippen molar-refractivity contribution in [1.82, 2.24) is 0 Å². The molecule has 9 nitrogen and oxygen atoms in total. The lowest BCUT2D eigenvalue weighted by atomic mass is 9.98. The van der Waals surface area contributed by atoms with Gasteiger partial charge in [-0.25, -0.2) is 0 Å². The molecule has 1 aliphatic rings. The highest BCUT2D eigenvalue weighted by Crippen LogP contribution is 2.32. The van der Waals surface area contributed by atoms with Crippen molar-refractivity contribution < 1.29 is 54.6 Å². The molecule has 1 N–H and O–H groups in total. The van der Waals surface area contributed by atoms with E-state index in [0.717, 1.165) is 21.8 Å². The largest absolute Gasteiger partial charge is 0.461 e. The zero-order valence-electron chi connectivity index (χ0n) is 22.9. The van der Waals surface area contributed by atoms with Crippen LogP contribution in [0.5, 0.6) is 5.75 Å². The average molecular weight is 749 g/mol. The van der Waals surface area contributed by atoms with Crippen LogP contribution < -0.4 is 4.74 Å². The zero-order valence-corrected chi connectivity index (χ0v) is 25.9. The quantitative estimate of drug-likeness (QED) is 0.120. The van der Waals surface area contributed by atoms with Crippen molar-refractivity contribution in [3.8, 4) is 5.75 Å². The van der Waals surface area contributed by atoms with Crippen molar-refractivity contribution in [2.24, 2.45) is 0 Å². The van der Waals surface area contributed by atoms with Gasteiger partial charge in [0.05, 0.1) is 30.1 Å². The molecule has 5 atom stereocenters. The van der Waals surface area contributed by atoms with Gasteiger partial charge in [-0.15, -0.1) is 6.58 Å². The van der Waals surface area contributed by atoms with Crippen molar-refractivity contribution in [2.75, 3.05) is 13.2 Å². The number of benzene rings is 3. The summed E-state index contributed by atoms with van der Waals surface area (Å²) in [6, 6.07) is 18.6. The Labute approximate surface area is 265 Å². The van der Waals surface area contributed by atoms with Gasteiger partial charge < -0.3 is 24.1 Å². The number of carbonyl (C=O) groups is 1. The number of alkyl halides is 3. The molecule has 1 heterocycles. The number of aliphatic hydroxyl groups is 1. The summed E-state index contributed by atoms with van der Waals surface area (Å²) < 4.78 is 94.4. The van der Waals surface area contributed by atoms with Gasteiger partial charge in [0.1, 0.15) is 24.1 Å². The Kier molecular flexibility index (Phi) is 11.4. The predicted molar refractivity (Wildman–Crippen MR) is 159 cm³/mol. The Hall–Kier alpha value is -3.02. The molecule has 14 heteroatoms. The third-order valence-electron chi connectivity index (χ3n) is 6.39. The summed E-state index contributed by atoms with van der Waals surface area (Å²) in [5.41, 5.74) is -0.514.